The number of aromatic nitrogens is 4. The van der Waals surface area contributed by atoms with Crippen molar-refractivity contribution in [3.63, 3.8) is 0 Å². The van der Waals surface area contributed by atoms with Crippen LogP contribution < -0.4 is 5.73 Å². The van der Waals surface area contributed by atoms with Gasteiger partial charge in [0.05, 0.1) is 6.61 Å². The van der Waals surface area contributed by atoms with Crippen molar-refractivity contribution >= 4 is 28.7 Å². The molecular weight excluding hydrogens is 370 g/mol. The number of rotatable bonds is 9. The van der Waals surface area contributed by atoms with E-state index in [-0.39, 0.29) is 12.4 Å². The van der Waals surface area contributed by atoms with Gasteiger partial charge in [0.1, 0.15) is 24.6 Å². The average Bonchev–Trinajstić information content (AvgIpc) is 3.19. The van der Waals surface area contributed by atoms with E-state index in [0.29, 0.717) is 16.3 Å². The molecule has 3 heterocycles. The van der Waals surface area contributed by atoms with Crippen LogP contribution in [0.2, 0.25) is 0 Å². The third kappa shape index (κ3) is 4.04. The van der Waals surface area contributed by atoms with Crippen LogP contribution in [0.1, 0.15) is 38.8 Å². The summed E-state index contributed by atoms with van der Waals surface area (Å²) in [5.41, 5.74) is 7.00. The third-order valence-corrected chi connectivity index (χ3v) is 5.76. The molecule has 1 fully saturated rings. The zero-order valence-corrected chi connectivity index (χ0v) is 16.4. The lowest BCUT2D eigenvalue weighted by atomic mass is 10.1. The van der Waals surface area contributed by atoms with Gasteiger partial charge in [0, 0.05) is 12.9 Å². The Labute approximate surface area is 162 Å². The molecule has 0 aromatic carbocycles. The summed E-state index contributed by atoms with van der Waals surface area (Å²) in [4.78, 5) is 13.0. The molecule has 9 nitrogen and oxygen atoms in total. The molecule has 150 valence electrons. The third-order valence-electron chi connectivity index (χ3n) is 4.72. The van der Waals surface area contributed by atoms with Crippen LogP contribution in [0.5, 0.6) is 0 Å². The predicted octanol–water partition coefficient (Wildman–Crippen LogP) is 1.35. The molecule has 0 saturated carbocycles. The molecule has 1 aliphatic heterocycles. The molecule has 2 aromatic heterocycles. The summed E-state index contributed by atoms with van der Waals surface area (Å²) < 4.78 is 13.1. The summed E-state index contributed by atoms with van der Waals surface area (Å²) in [5.74, 6) is 1.19. The van der Waals surface area contributed by atoms with Crippen molar-refractivity contribution in [1.82, 2.24) is 19.5 Å². The molecule has 0 radical (unpaired) electrons. The summed E-state index contributed by atoms with van der Waals surface area (Å²) in [6.45, 7) is 1.87. The summed E-state index contributed by atoms with van der Waals surface area (Å²) >= 11 is 1.59. The standard InChI is InChI=1S/C17H27N5O4S/c1-3-4-5-6-7-27-17-21-11-14(18)19-9-20-15(11)22(17)16-13(25-2)12(24)10(8-23)26-16/h9-10,12-13,16,23-24H,3-8H2,1-2H3,(H2,18,19,20)/t10-,12-,13-,16-/m1/s1. The van der Waals surface area contributed by atoms with Gasteiger partial charge in [-0.25, -0.2) is 15.0 Å². The van der Waals surface area contributed by atoms with Crippen LogP contribution >= 0.6 is 11.8 Å². The number of nitrogens with zero attached hydrogens (tertiary/aromatic N) is 4. The van der Waals surface area contributed by atoms with Gasteiger partial charge >= 0.3 is 0 Å². The first-order valence-corrected chi connectivity index (χ1v) is 10.2. The van der Waals surface area contributed by atoms with Crippen LogP contribution in [0, 0.1) is 0 Å². The van der Waals surface area contributed by atoms with E-state index in [1.54, 1.807) is 16.3 Å². The zero-order valence-electron chi connectivity index (χ0n) is 15.6. The molecule has 0 aliphatic carbocycles. The van der Waals surface area contributed by atoms with Crippen LogP contribution in [0.15, 0.2) is 11.5 Å². The average molecular weight is 398 g/mol. The topological polar surface area (TPSA) is 129 Å². The highest BCUT2D eigenvalue weighted by atomic mass is 32.2. The minimum atomic E-state index is -0.955. The van der Waals surface area contributed by atoms with Crippen LogP contribution in [-0.2, 0) is 9.47 Å². The van der Waals surface area contributed by atoms with Gasteiger partial charge in [-0.05, 0) is 6.42 Å². The van der Waals surface area contributed by atoms with Crippen LogP contribution in [0.3, 0.4) is 0 Å². The lowest BCUT2D eigenvalue weighted by molar-refractivity contribution is -0.0623. The van der Waals surface area contributed by atoms with Crippen molar-refractivity contribution in [3.05, 3.63) is 6.33 Å². The molecule has 4 N–H and O–H groups in total. The number of aliphatic hydroxyl groups excluding tert-OH is 2. The molecule has 10 heteroatoms. The number of hydrogen-bond acceptors (Lipinski definition) is 9. The van der Waals surface area contributed by atoms with Gasteiger partial charge in [-0.15, -0.1) is 0 Å². The maximum Gasteiger partial charge on any atom is 0.172 e. The quantitative estimate of drug-likeness (QED) is 0.424. The van der Waals surface area contributed by atoms with Gasteiger partial charge in [0.25, 0.3) is 0 Å². The smallest absolute Gasteiger partial charge is 0.172 e. The van der Waals surface area contributed by atoms with E-state index in [9.17, 15) is 10.2 Å². The maximum atomic E-state index is 10.4. The molecule has 1 saturated heterocycles. The monoisotopic (exact) mass is 397 g/mol. The SMILES string of the molecule is CCCCCCSc1nc2c(N)ncnc2n1[C@@H]1O[C@H](CO)[C@@H](O)[C@H]1OC. The number of unbranched alkanes of at least 4 members (excludes halogenated alkanes) is 3. The molecule has 1 aliphatic rings. The van der Waals surface area contributed by atoms with Gasteiger partial charge in [-0.2, -0.15) is 0 Å². The van der Waals surface area contributed by atoms with Crippen molar-refractivity contribution in [2.45, 2.75) is 62.3 Å². The number of ether oxygens (including phenoxy) is 2. The van der Waals surface area contributed by atoms with Gasteiger partial charge in [-0.3, -0.25) is 4.57 Å². The molecule has 0 unspecified atom stereocenters. The first-order chi connectivity index (χ1) is 13.1. The lowest BCUT2D eigenvalue weighted by Gasteiger charge is -2.21. The largest absolute Gasteiger partial charge is 0.394 e. The van der Waals surface area contributed by atoms with E-state index in [0.717, 1.165) is 18.6 Å². The number of hydrogen-bond donors (Lipinski definition) is 3. The van der Waals surface area contributed by atoms with Gasteiger partial charge in [0.15, 0.2) is 28.4 Å². The van der Waals surface area contributed by atoms with E-state index in [1.165, 1.54) is 26.3 Å². The van der Waals surface area contributed by atoms with Crippen molar-refractivity contribution in [2.75, 3.05) is 25.2 Å². The normalized spacial score (nSPS) is 25.5. The van der Waals surface area contributed by atoms with Crippen molar-refractivity contribution in [2.24, 2.45) is 0 Å². The van der Waals surface area contributed by atoms with Crippen molar-refractivity contribution in [3.8, 4) is 0 Å². The Morgan fingerprint density at radius 3 is 2.85 bits per heavy atom. The Morgan fingerprint density at radius 1 is 1.33 bits per heavy atom. The number of nitrogen functional groups attached to an aromatic ring is 1. The van der Waals surface area contributed by atoms with Crippen molar-refractivity contribution in [1.29, 1.82) is 0 Å². The first-order valence-electron chi connectivity index (χ1n) is 9.20. The Hall–Kier alpha value is -1.46. The predicted molar refractivity (Wildman–Crippen MR) is 102 cm³/mol. The first kappa shape index (κ1) is 20.3. The number of methoxy groups -OCH3 is 1. The van der Waals surface area contributed by atoms with E-state index < -0.39 is 24.5 Å². The lowest BCUT2D eigenvalue weighted by Crippen LogP contribution is -2.34. The zero-order chi connectivity index (χ0) is 19.4. The van der Waals surface area contributed by atoms with E-state index in [2.05, 4.69) is 21.9 Å². The fourth-order valence-corrected chi connectivity index (χ4v) is 4.28. The summed E-state index contributed by atoms with van der Waals surface area (Å²) in [6.07, 6.45) is 2.99. The van der Waals surface area contributed by atoms with E-state index in [4.69, 9.17) is 15.2 Å². The van der Waals surface area contributed by atoms with Crippen LogP contribution in [0.4, 0.5) is 5.82 Å². The Balaban J connectivity index is 1.94. The number of thioether (sulfide) groups is 1. The number of aliphatic hydroxyl groups is 2. The highest BCUT2D eigenvalue weighted by Crippen LogP contribution is 2.37. The minimum Gasteiger partial charge on any atom is -0.394 e. The Morgan fingerprint density at radius 2 is 2.15 bits per heavy atom. The summed E-state index contributed by atoms with van der Waals surface area (Å²) in [7, 11) is 1.50. The number of anilines is 1. The number of nitrogens with two attached hydrogens (primary N) is 1. The van der Waals surface area contributed by atoms with Gasteiger partial charge in [-0.1, -0.05) is 37.9 Å². The molecule has 4 atom stereocenters. The second-order valence-corrected chi connectivity index (χ2v) is 7.61. The molecule has 0 amide bonds. The molecule has 2 aromatic rings. The molecule has 27 heavy (non-hydrogen) atoms. The fourth-order valence-electron chi connectivity index (χ4n) is 3.26. The Kier molecular flexibility index (Phi) is 6.88. The van der Waals surface area contributed by atoms with Gasteiger partial charge < -0.3 is 25.4 Å². The second-order valence-electron chi connectivity index (χ2n) is 6.54. The van der Waals surface area contributed by atoms with Crippen molar-refractivity contribution < 1.29 is 19.7 Å². The molecule has 0 bridgehead atoms. The molecule has 0 spiro atoms. The van der Waals surface area contributed by atoms with E-state index >= 15 is 0 Å². The minimum absolute atomic E-state index is 0.290. The van der Waals surface area contributed by atoms with Crippen LogP contribution in [-0.4, -0.2) is 67.5 Å². The number of fused-ring (bicyclic) bond motifs is 1. The van der Waals surface area contributed by atoms with Crippen LogP contribution in [0.25, 0.3) is 11.2 Å². The summed E-state index contributed by atoms with van der Waals surface area (Å²) in [6, 6.07) is 0. The molecule has 3 rings (SSSR count). The summed E-state index contributed by atoms with van der Waals surface area (Å²) in [5, 5.41) is 20.6. The number of imidazole rings is 1. The van der Waals surface area contributed by atoms with E-state index in [1.807, 2.05) is 0 Å². The highest BCUT2D eigenvalue weighted by molar-refractivity contribution is 7.99. The maximum absolute atomic E-state index is 10.4. The highest BCUT2D eigenvalue weighted by Gasteiger charge is 2.46. The Bertz CT molecular complexity index is 758. The fraction of sp³-hybridized carbons (Fsp3) is 0.706. The van der Waals surface area contributed by atoms with Gasteiger partial charge in [0.2, 0.25) is 0 Å². The second kappa shape index (κ2) is 9.16. The molecular formula is C17H27N5O4S.